The van der Waals surface area contributed by atoms with Gasteiger partial charge in [0.1, 0.15) is 12.6 Å². The molecular weight excluding hydrogens is 830 g/mol. The predicted octanol–water partition coefficient (Wildman–Crippen LogP) is 14.3. The maximum atomic E-state index is 12.7. The van der Waals surface area contributed by atoms with Crippen LogP contribution in [0.4, 0.5) is 0 Å². The number of unbranched alkanes of at least 4 members (excludes halogenated alkanes) is 23. The highest BCUT2D eigenvalue weighted by Gasteiger charge is 2.28. The van der Waals surface area contributed by atoms with Crippen LogP contribution in [-0.2, 0) is 37.5 Å². The van der Waals surface area contributed by atoms with Gasteiger partial charge in [-0.1, -0.05) is 209 Å². The van der Waals surface area contributed by atoms with Crippen LogP contribution in [0.3, 0.4) is 0 Å². The molecule has 64 heavy (non-hydrogen) atoms. The number of rotatable bonds is 47. The van der Waals surface area contributed by atoms with E-state index >= 15 is 0 Å². The lowest BCUT2D eigenvalue weighted by molar-refractivity contribution is -0.161. The normalized spacial score (nSPS) is 14.1. The predicted molar refractivity (Wildman–Crippen MR) is 263 cm³/mol. The first-order valence-electron chi connectivity index (χ1n) is 25.3. The second kappa shape index (κ2) is 46.7. The lowest BCUT2D eigenvalue weighted by atomic mass is 10.0. The summed E-state index contributed by atoms with van der Waals surface area (Å²) in [5, 5.41) is 8.92. The molecule has 0 saturated heterocycles. The number of nitrogens with two attached hydrogens (primary N) is 1. The first kappa shape index (κ1) is 61.2. The number of esters is 2. The van der Waals surface area contributed by atoms with Gasteiger partial charge in [0, 0.05) is 12.8 Å². The Balaban J connectivity index is 4.30. The molecular formula is C52H92NO10P. The Morgan fingerprint density at radius 2 is 0.875 bits per heavy atom. The number of aliphatic carboxylic acids is 1. The molecule has 4 N–H and O–H groups in total. The molecule has 370 valence electrons. The number of hydrogen-bond donors (Lipinski definition) is 3. The van der Waals surface area contributed by atoms with Gasteiger partial charge in [-0.15, -0.1) is 0 Å². The van der Waals surface area contributed by atoms with Gasteiger partial charge in [0.05, 0.1) is 13.2 Å². The van der Waals surface area contributed by atoms with E-state index in [0.29, 0.717) is 12.8 Å². The molecule has 0 amide bonds. The minimum Gasteiger partial charge on any atom is -0.480 e. The maximum Gasteiger partial charge on any atom is 0.472 e. The minimum absolute atomic E-state index is 0.155. The number of carbonyl (C=O) groups is 3. The molecule has 0 aliphatic rings. The molecule has 0 fully saturated rings. The van der Waals surface area contributed by atoms with Gasteiger partial charge >= 0.3 is 25.7 Å². The summed E-state index contributed by atoms with van der Waals surface area (Å²) in [6, 6.07) is -1.53. The molecule has 0 aromatic carbocycles. The average molecular weight is 922 g/mol. The average Bonchev–Trinajstić information content (AvgIpc) is 3.27. The van der Waals surface area contributed by atoms with E-state index in [9.17, 15) is 23.8 Å². The Hall–Kier alpha value is -2.82. The Bertz CT molecular complexity index is 1310. The van der Waals surface area contributed by atoms with Crippen molar-refractivity contribution in [3.63, 3.8) is 0 Å². The Kier molecular flexibility index (Phi) is 44.6. The van der Waals surface area contributed by atoms with Gasteiger partial charge in [0.25, 0.3) is 0 Å². The summed E-state index contributed by atoms with van der Waals surface area (Å²) in [6.45, 7) is 2.69. The highest BCUT2D eigenvalue weighted by molar-refractivity contribution is 7.47. The van der Waals surface area contributed by atoms with Crippen molar-refractivity contribution in [2.45, 2.75) is 231 Å². The lowest BCUT2D eigenvalue weighted by Gasteiger charge is -2.20. The molecule has 0 saturated carbocycles. The van der Waals surface area contributed by atoms with Crippen LogP contribution in [0.25, 0.3) is 0 Å². The fourth-order valence-corrected chi connectivity index (χ4v) is 7.64. The van der Waals surface area contributed by atoms with Crippen molar-refractivity contribution < 1.29 is 47.5 Å². The highest BCUT2D eigenvalue weighted by atomic mass is 31.2. The number of carbonyl (C=O) groups excluding carboxylic acids is 2. The number of ether oxygens (including phenoxy) is 2. The molecule has 0 rings (SSSR count). The first-order chi connectivity index (χ1) is 31.1. The zero-order valence-corrected chi connectivity index (χ0v) is 41.3. The van der Waals surface area contributed by atoms with Crippen LogP contribution in [0.2, 0.25) is 0 Å². The van der Waals surface area contributed by atoms with Gasteiger partial charge in [0.15, 0.2) is 6.10 Å². The summed E-state index contributed by atoms with van der Waals surface area (Å²) in [5.74, 6) is -2.41. The van der Waals surface area contributed by atoms with E-state index in [0.717, 1.165) is 70.6 Å². The van der Waals surface area contributed by atoms with Crippen LogP contribution in [0.5, 0.6) is 0 Å². The lowest BCUT2D eigenvalue weighted by Crippen LogP contribution is -2.34. The van der Waals surface area contributed by atoms with Crippen molar-refractivity contribution in [2.24, 2.45) is 5.73 Å². The van der Waals surface area contributed by atoms with Crippen LogP contribution in [0.1, 0.15) is 219 Å². The van der Waals surface area contributed by atoms with Crippen molar-refractivity contribution in [3.05, 3.63) is 60.8 Å². The molecule has 3 atom stereocenters. The molecule has 0 heterocycles. The Labute approximate surface area is 389 Å². The molecule has 0 radical (unpaired) electrons. The van der Waals surface area contributed by atoms with Crippen molar-refractivity contribution in [1.29, 1.82) is 0 Å². The van der Waals surface area contributed by atoms with Crippen molar-refractivity contribution in [2.75, 3.05) is 19.8 Å². The highest BCUT2D eigenvalue weighted by Crippen LogP contribution is 2.43. The van der Waals surface area contributed by atoms with Crippen LogP contribution in [0, 0.1) is 0 Å². The third kappa shape index (κ3) is 45.7. The standard InChI is InChI=1S/C52H92NO10P/c1-3-5-7-9-11-13-15-17-19-21-23-24-26-28-30-32-34-36-38-40-42-44-51(55)63-48(46-61-64(58,59)62-47-49(53)52(56)57)45-60-50(54)43-41-39-37-35-33-31-29-27-25-22-20-18-16-14-12-10-8-6-4-2/h6,8,12,14,18,20,25,27,31,33,48-49H,3-5,7,9-11,13,15-17,19,21-24,26,28-30,32,34-47,53H2,1-2H3,(H,56,57)(H,58,59)/b8-6-,14-12-,20-18-,27-25-,33-31-/t48-,49+/m1/s1. The Morgan fingerprint density at radius 3 is 1.31 bits per heavy atom. The summed E-state index contributed by atoms with van der Waals surface area (Å²) < 4.78 is 32.8. The summed E-state index contributed by atoms with van der Waals surface area (Å²) in [7, 11) is -4.73. The van der Waals surface area contributed by atoms with E-state index < -0.39 is 51.1 Å². The maximum absolute atomic E-state index is 12.7. The van der Waals surface area contributed by atoms with E-state index in [1.807, 2.05) is 0 Å². The number of carboxylic acids is 1. The minimum atomic E-state index is -4.73. The summed E-state index contributed by atoms with van der Waals surface area (Å²) >= 11 is 0. The van der Waals surface area contributed by atoms with E-state index in [1.54, 1.807) is 0 Å². The van der Waals surface area contributed by atoms with Crippen molar-refractivity contribution in [3.8, 4) is 0 Å². The Morgan fingerprint density at radius 1 is 0.500 bits per heavy atom. The van der Waals surface area contributed by atoms with Crippen LogP contribution >= 0.6 is 7.82 Å². The smallest absolute Gasteiger partial charge is 0.472 e. The van der Waals surface area contributed by atoms with Crippen LogP contribution < -0.4 is 5.73 Å². The zero-order valence-electron chi connectivity index (χ0n) is 40.4. The van der Waals surface area contributed by atoms with Crippen LogP contribution in [0.15, 0.2) is 60.8 Å². The second-order valence-corrected chi connectivity index (χ2v) is 18.4. The molecule has 0 spiro atoms. The zero-order chi connectivity index (χ0) is 47.0. The van der Waals surface area contributed by atoms with E-state index in [2.05, 4.69) is 79.1 Å². The molecule has 0 aliphatic carbocycles. The number of carboxylic acid groups (broad SMARTS) is 1. The fraction of sp³-hybridized carbons (Fsp3) is 0.750. The van der Waals surface area contributed by atoms with Crippen molar-refractivity contribution >= 4 is 25.7 Å². The first-order valence-corrected chi connectivity index (χ1v) is 26.8. The van der Waals surface area contributed by atoms with Crippen LogP contribution in [-0.4, -0.2) is 59.9 Å². The SMILES string of the molecule is CC/C=C\C/C=C\C/C=C\C/C=C\C/C=C\CCCCCC(=O)OC[C@H](COP(=O)(O)OC[C@H](N)C(=O)O)OC(=O)CCCCCCCCCCCCCCCCCCCCCCC. The van der Waals surface area contributed by atoms with Gasteiger partial charge in [-0.05, 0) is 57.8 Å². The third-order valence-electron chi connectivity index (χ3n) is 10.8. The van der Waals surface area contributed by atoms with Crippen molar-refractivity contribution in [1.82, 2.24) is 0 Å². The van der Waals surface area contributed by atoms with Gasteiger partial charge in [-0.2, -0.15) is 0 Å². The number of hydrogen-bond acceptors (Lipinski definition) is 9. The number of allylic oxidation sites excluding steroid dienone is 10. The van der Waals surface area contributed by atoms with E-state index in [1.165, 1.54) is 109 Å². The topological polar surface area (TPSA) is 172 Å². The number of phosphoric acid groups is 1. The molecule has 0 aliphatic heterocycles. The second-order valence-electron chi connectivity index (χ2n) is 16.9. The molecule has 1 unspecified atom stereocenters. The molecule has 11 nitrogen and oxygen atoms in total. The van der Waals surface area contributed by atoms with Gasteiger partial charge in [0.2, 0.25) is 0 Å². The van der Waals surface area contributed by atoms with E-state index in [4.69, 9.17) is 24.8 Å². The summed E-state index contributed by atoms with van der Waals surface area (Å²) in [5.41, 5.74) is 5.35. The summed E-state index contributed by atoms with van der Waals surface area (Å²) in [4.78, 5) is 46.2. The van der Waals surface area contributed by atoms with Gasteiger partial charge in [-0.25, -0.2) is 4.57 Å². The van der Waals surface area contributed by atoms with E-state index in [-0.39, 0.29) is 19.4 Å². The fourth-order valence-electron chi connectivity index (χ4n) is 6.86. The molecule has 0 aromatic rings. The number of phosphoric ester groups is 1. The van der Waals surface area contributed by atoms with Gasteiger partial charge < -0.3 is 25.2 Å². The molecule has 0 bridgehead atoms. The van der Waals surface area contributed by atoms with Gasteiger partial charge in [-0.3, -0.25) is 23.4 Å². The quantitative estimate of drug-likeness (QED) is 0.0230. The molecule has 0 aromatic heterocycles. The monoisotopic (exact) mass is 922 g/mol. The largest absolute Gasteiger partial charge is 0.480 e. The molecule has 12 heteroatoms. The summed E-state index contributed by atoms with van der Waals surface area (Å²) in [6.07, 6.45) is 55.7. The third-order valence-corrected chi connectivity index (χ3v) is 11.7.